The van der Waals surface area contributed by atoms with Gasteiger partial charge in [0.1, 0.15) is 11.6 Å². The Kier molecular flexibility index (Phi) is 7.02. The number of quaternary nitrogens is 1. The minimum Gasteiger partial charge on any atom is -0.497 e. The van der Waals surface area contributed by atoms with Crippen molar-refractivity contribution < 1.29 is 9.64 Å². The van der Waals surface area contributed by atoms with Crippen molar-refractivity contribution in [3.63, 3.8) is 0 Å². The first-order valence-corrected chi connectivity index (χ1v) is 11.4. The van der Waals surface area contributed by atoms with Crippen LogP contribution in [0.15, 0.2) is 66.7 Å². The van der Waals surface area contributed by atoms with E-state index in [-0.39, 0.29) is 0 Å². The van der Waals surface area contributed by atoms with Crippen LogP contribution in [0.25, 0.3) is 28.2 Å². The van der Waals surface area contributed by atoms with Crippen LogP contribution in [-0.4, -0.2) is 47.9 Å². The zero-order chi connectivity index (χ0) is 22.3. The summed E-state index contributed by atoms with van der Waals surface area (Å²) in [7, 11) is 1.68. The Morgan fingerprint density at radius 3 is 2.31 bits per heavy atom. The smallest absolute Gasteiger partial charge is 0.158 e. The van der Waals surface area contributed by atoms with Crippen molar-refractivity contribution in [1.29, 1.82) is 0 Å². The van der Waals surface area contributed by atoms with E-state index in [0.29, 0.717) is 0 Å². The molecular formula is C26H32N5O+. The van der Waals surface area contributed by atoms with Gasteiger partial charge in [0, 0.05) is 36.2 Å². The lowest BCUT2D eigenvalue weighted by molar-refractivity contribution is -0.896. The molecule has 0 bridgehead atoms. The zero-order valence-corrected chi connectivity index (χ0v) is 19.1. The number of fused-ring (bicyclic) bond motifs is 1. The van der Waals surface area contributed by atoms with Crippen LogP contribution in [0, 0.1) is 0 Å². The lowest BCUT2D eigenvalue weighted by atomic mass is 10.1. The third kappa shape index (κ3) is 4.92. The molecular weight excluding hydrogens is 398 g/mol. The van der Waals surface area contributed by atoms with Gasteiger partial charge in [-0.25, -0.2) is 4.98 Å². The predicted molar refractivity (Wildman–Crippen MR) is 130 cm³/mol. The molecule has 0 radical (unpaired) electrons. The van der Waals surface area contributed by atoms with Crippen LogP contribution in [0.5, 0.6) is 5.75 Å². The summed E-state index contributed by atoms with van der Waals surface area (Å²) in [6, 6.07) is 22.4. The maximum absolute atomic E-state index is 5.29. The highest BCUT2D eigenvalue weighted by atomic mass is 16.5. The standard InChI is InChI=1S/C26H31N5O/c1-4-30(5-2)17-9-16-27-25-18-23(20-10-7-6-8-11-20)28-26-19-24(29-31(25)26)21-12-14-22(32-3)15-13-21/h6-8,10-15,18-19,27H,4-5,9,16-17H2,1-3H3/p+1. The lowest BCUT2D eigenvalue weighted by Gasteiger charge is -2.16. The number of hydrogen-bond acceptors (Lipinski definition) is 4. The molecule has 166 valence electrons. The quantitative estimate of drug-likeness (QED) is 0.376. The summed E-state index contributed by atoms with van der Waals surface area (Å²) in [5.41, 5.74) is 4.79. The maximum Gasteiger partial charge on any atom is 0.158 e. The lowest BCUT2D eigenvalue weighted by Crippen LogP contribution is -3.11. The molecule has 0 aliphatic carbocycles. The Morgan fingerprint density at radius 2 is 1.62 bits per heavy atom. The van der Waals surface area contributed by atoms with E-state index < -0.39 is 0 Å². The summed E-state index contributed by atoms with van der Waals surface area (Å²) in [6.07, 6.45) is 1.11. The topological polar surface area (TPSA) is 55.9 Å². The number of hydrogen-bond donors (Lipinski definition) is 2. The van der Waals surface area contributed by atoms with E-state index in [2.05, 4.69) is 37.4 Å². The monoisotopic (exact) mass is 430 g/mol. The average Bonchev–Trinajstić information content (AvgIpc) is 3.29. The third-order valence-electron chi connectivity index (χ3n) is 5.90. The van der Waals surface area contributed by atoms with Gasteiger partial charge < -0.3 is 15.0 Å². The zero-order valence-electron chi connectivity index (χ0n) is 19.1. The van der Waals surface area contributed by atoms with Crippen molar-refractivity contribution in [3.05, 3.63) is 66.7 Å². The van der Waals surface area contributed by atoms with Gasteiger partial charge in [0.05, 0.1) is 38.1 Å². The molecule has 0 amide bonds. The van der Waals surface area contributed by atoms with Crippen LogP contribution >= 0.6 is 0 Å². The Morgan fingerprint density at radius 1 is 0.906 bits per heavy atom. The molecule has 4 rings (SSSR count). The highest BCUT2D eigenvalue weighted by Crippen LogP contribution is 2.26. The largest absolute Gasteiger partial charge is 0.497 e. The Bertz CT molecular complexity index is 1130. The molecule has 0 aliphatic rings. The average molecular weight is 431 g/mol. The number of methoxy groups -OCH3 is 1. The molecule has 0 saturated heterocycles. The van der Waals surface area contributed by atoms with Crippen LogP contribution in [0.2, 0.25) is 0 Å². The van der Waals surface area contributed by atoms with Crippen molar-refractivity contribution in [1.82, 2.24) is 14.6 Å². The summed E-state index contributed by atoms with van der Waals surface area (Å²) >= 11 is 0. The minimum absolute atomic E-state index is 0.828. The summed E-state index contributed by atoms with van der Waals surface area (Å²) in [6.45, 7) is 8.88. The van der Waals surface area contributed by atoms with Crippen LogP contribution in [0.4, 0.5) is 5.82 Å². The number of benzene rings is 2. The molecule has 0 aliphatic heterocycles. The van der Waals surface area contributed by atoms with Gasteiger partial charge in [0.15, 0.2) is 5.65 Å². The molecule has 4 aromatic rings. The van der Waals surface area contributed by atoms with Gasteiger partial charge in [-0.3, -0.25) is 0 Å². The van der Waals surface area contributed by atoms with E-state index in [4.69, 9.17) is 14.8 Å². The van der Waals surface area contributed by atoms with Crippen LogP contribution in [0.3, 0.4) is 0 Å². The van der Waals surface area contributed by atoms with Crippen LogP contribution in [0.1, 0.15) is 20.3 Å². The van der Waals surface area contributed by atoms with Crippen molar-refractivity contribution in [2.75, 3.05) is 38.6 Å². The molecule has 0 fully saturated rings. The first kappa shape index (κ1) is 21.8. The molecule has 2 N–H and O–H groups in total. The highest BCUT2D eigenvalue weighted by molar-refractivity contribution is 5.70. The summed E-state index contributed by atoms with van der Waals surface area (Å²) in [5.74, 6) is 1.79. The fourth-order valence-electron chi connectivity index (χ4n) is 3.92. The van der Waals surface area contributed by atoms with E-state index in [1.807, 2.05) is 53.0 Å². The molecule has 0 saturated carbocycles. The molecule has 32 heavy (non-hydrogen) atoms. The normalized spacial score (nSPS) is 11.2. The second-order valence-electron chi connectivity index (χ2n) is 7.91. The van der Waals surface area contributed by atoms with E-state index in [1.165, 1.54) is 13.1 Å². The van der Waals surface area contributed by atoms with Gasteiger partial charge in [0.2, 0.25) is 0 Å². The number of nitrogens with one attached hydrogen (secondary N) is 2. The predicted octanol–water partition coefficient (Wildman–Crippen LogP) is 3.80. The van der Waals surface area contributed by atoms with E-state index in [9.17, 15) is 0 Å². The van der Waals surface area contributed by atoms with Crippen molar-refractivity contribution >= 4 is 11.5 Å². The number of nitrogens with zero attached hydrogens (tertiary/aromatic N) is 3. The van der Waals surface area contributed by atoms with Crippen molar-refractivity contribution in [2.45, 2.75) is 20.3 Å². The fraction of sp³-hybridized carbons (Fsp3) is 0.308. The molecule has 0 unspecified atom stereocenters. The SMILES string of the molecule is CC[NH+](CC)CCCNc1cc(-c2ccccc2)nc2cc(-c3ccc(OC)cc3)nn12. The highest BCUT2D eigenvalue weighted by Gasteiger charge is 2.12. The first-order chi connectivity index (χ1) is 15.7. The Balaban J connectivity index is 1.66. The van der Waals surface area contributed by atoms with Crippen LogP contribution in [-0.2, 0) is 0 Å². The number of aromatic nitrogens is 3. The Hall–Kier alpha value is -3.38. The van der Waals surface area contributed by atoms with Gasteiger partial charge in [0.25, 0.3) is 0 Å². The molecule has 2 heterocycles. The molecule has 2 aromatic heterocycles. The summed E-state index contributed by atoms with van der Waals surface area (Å²) in [5, 5.41) is 8.48. The third-order valence-corrected chi connectivity index (χ3v) is 5.90. The second-order valence-corrected chi connectivity index (χ2v) is 7.91. The number of rotatable bonds is 10. The maximum atomic E-state index is 5.29. The molecule has 2 aromatic carbocycles. The fourth-order valence-corrected chi connectivity index (χ4v) is 3.92. The Labute approximate surface area is 189 Å². The van der Waals surface area contributed by atoms with Gasteiger partial charge in [-0.05, 0) is 38.1 Å². The minimum atomic E-state index is 0.828. The van der Waals surface area contributed by atoms with E-state index in [1.54, 1.807) is 12.0 Å². The number of anilines is 1. The van der Waals surface area contributed by atoms with Gasteiger partial charge in [-0.1, -0.05) is 30.3 Å². The van der Waals surface area contributed by atoms with Crippen molar-refractivity contribution in [2.24, 2.45) is 0 Å². The van der Waals surface area contributed by atoms with Gasteiger partial charge in [-0.2, -0.15) is 9.61 Å². The van der Waals surface area contributed by atoms with Crippen LogP contribution < -0.4 is 15.0 Å². The molecule has 6 nitrogen and oxygen atoms in total. The van der Waals surface area contributed by atoms with Gasteiger partial charge in [-0.15, -0.1) is 0 Å². The summed E-state index contributed by atoms with van der Waals surface area (Å²) in [4.78, 5) is 6.52. The van der Waals surface area contributed by atoms with Crippen molar-refractivity contribution in [3.8, 4) is 28.3 Å². The summed E-state index contributed by atoms with van der Waals surface area (Å²) < 4.78 is 7.20. The molecule has 6 heteroatoms. The molecule has 0 atom stereocenters. The first-order valence-electron chi connectivity index (χ1n) is 11.4. The van der Waals surface area contributed by atoms with E-state index >= 15 is 0 Å². The molecule has 0 spiro atoms. The number of ether oxygens (including phenoxy) is 1. The van der Waals surface area contributed by atoms with E-state index in [0.717, 1.165) is 59.2 Å². The van der Waals surface area contributed by atoms with Gasteiger partial charge >= 0.3 is 0 Å². The second kappa shape index (κ2) is 10.3.